The molecule has 0 spiro atoms. The van der Waals surface area contributed by atoms with E-state index in [1.807, 2.05) is 7.05 Å². The van der Waals surface area contributed by atoms with Crippen molar-refractivity contribution in [2.45, 2.75) is 18.9 Å². The summed E-state index contributed by atoms with van der Waals surface area (Å²) in [6.45, 7) is 1.81. The lowest BCUT2D eigenvalue weighted by Gasteiger charge is -2.29. The summed E-state index contributed by atoms with van der Waals surface area (Å²) >= 11 is 5.28. The van der Waals surface area contributed by atoms with E-state index in [0.29, 0.717) is 0 Å². The van der Waals surface area contributed by atoms with Gasteiger partial charge in [-0.05, 0) is 26.4 Å². The average Bonchev–Trinajstić information content (AvgIpc) is 2.03. The quantitative estimate of drug-likeness (QED) is 0.700. The number of likely N-dealkylation sites (N-methyl/N-ethyl adjacent to an activating group) is 1. The molecule has 1 fully saturated rings. The van der Waals surface area contributed by atoms with Gasteiger partial charge in [-0.3, -0.25) is 0 Å². The normalized spacial score (nSPS) is 26.2. The molecular formula is C7H15ClN2O2S. The zero-order chi connectivity index (χ0) is 9.90. The van der Waals surface area contributed by atoms with Crippen LogP contribution in [0.15, 0.2) is 0 Å². The van der Waals surface area contributed by atoms with Crippen LogP contribution in [0, 0.1) is 0 Å². The van der Waals surface area contributed by atoms with E-state index in [-0.39, 0.29) is 11.3 Å². The van der Waals surface area contributed by atoms with Gasteiger partial charge in [-0.25, -0.2) is 13.1 Å². The van der Waals surface area contributed by atoms with Crippen LogP contribution in [0.25, 0.3) is 0 Å². The summed E-state index contributed by atoms with van der Waals surface area (Å²) in [6, 6.07) is 0.0301. The lowest BCUT2D eigenvalue weighted by Crippen LogP contribution is -2.46. The molecule has 1 heterocycles. The fourth-order valence-electron chi connectivity index (χ4n) is 1.55. The highest BCUT2D eigenvalue weighted by molar-refractivity contribution is 7.90. The predicted molar refractivity (Wildman–Crippen MR) is 53.3 cm³/mol. The van der Waals surface area contributed by atoms with Gasteiger partial charge in [0.05, 0.1) is 0 Å². The number of sulfonamides is 1. The van der Waals surface area contributed by atoms with Gasteiger partial charge in [-0.15, -0.1) is 11.6 Å². The van der Waals surface area contributed by atoms with Crippen molar-refractivity contribution < 1.29 is 8.42 Å². The Balaban J connectivity index is 2.45. The molecule has 1 N–H and O–H groups in total. The first kappa shape index (κ1) is 11.2. The van der Waals surface area contributed by atoms with Crippen molar-refractivity contribution in [2.24, 2.45) is 0 Å². The van der Waals surface area contributed by atoms with Crippen molar-refractivity contribution in [3.8, 4) is 0 Å². The molecule has 0 bridgehead atoms. The van der Waals surface area contributed by atoms with Gasteiger partial charge in [0.25, 0.3) is 0 Å². The van der Waals surface area contributed by atoms with Crippen LogP contribution >= 0.6 is 11.6 Å². The smallest absolute Gasteiger partial charge is 0.225 e. The second-order valence-electron chi connectivity index (χ2n) is 3.44. The van der Waals surface area contributed by atoms with E-state index in [4.69, 9.17) is 11.6 Å². The zero-order valence-corrected chi connectivity index (χ0v) is 9.24. The molecule has 0 aliphatic carbocycles. The van der Waals surface area contributed by atoms with Crippen molar-refractivity contribution in [1.82, 2.24) is 9.62 Å². The summed E-state index contributed by atoms with van der Waals surface area (Å²) in [6.07, 6.45) is 1.94. The van der Waals surface area contributed by atoms with Crippen LogP contribution in [0.2, 0.25) is 0 Å². The van der Waals surface area contributed by atoms with E-state index in [1.165, 1.54) is 0 Å². The summed E-state index contributed by atoms with van der Waals surface area (Å²) in [7, 11) is -1.27. The number of hydrogen-bond donors (Lipinski definition) is 1. The topological polar surface area (TPSA) is 49.4 Å². The molecule has 1 aliphatic rings. The Labute approximate surface area is 84.3 Å². The molecule has 0 amide bonds. The zero-order valence-electron chi connectivity index (χ0n) is 7.66. The molecule has 78 valence electrons. The third-order valence-electron chi connectivity index (χ3n) is 2.11. The monoisotopic (exact) mass is 226 g/mol. The van der Waals surface area contributed by atoms with Crippen LogP contribution < -0.4 is 4.72 Å². The second kappa shape index (κ2) is 4.59. The Kier molecular flexibility index (Phi) is 3.97. The van der Waals surface area contributed by atoms with Crippen LogP contribution in [0.1, 0.15) is 12.8 Å². The molecule has 0 saturated carbocycles. The molecule has 4 nitrogen and oxygen atoms in total. The largest absolute Gasteiger partial charge is 0.305 e. The molecule has 0 aromatic heterocycles. The first-order chi connectivity index (χ1) is 6.03. The van der Waals surface area contributed by atoms with E-state index < -0.39 is 10.0 Å². The Hall–Kier alpha value is 0.160. The lowest BCUT2D eigenvalue weighted by atomic mass is 10.1. The standard InChI is InChI=1S/C7H15ClN2O2S/c1-10-4-2-3-7(5-10)9-13(11,12)6-8/h7,9H,2-6H2,1H3. The van der Waals surface area contributed by atoms with Gasteiger partial charge in [0.1, 0.15) is 5.21 Å². The molecule has 1 saturated heterocycles. The molecule has 1 aliphatic heterocycles. The third-order valence-corrected chi connectivity index (χ3v) is 3.96. The molecule has 6 heteroatoms. The van der Waals surface area contributed by atoms with Crippen LogP contribution in [0.4, 0.5) is 0 Å². The number of halogens is 1. The number of rotatable bonds is 3. The van der Waals surface area contributed by atoms with E-state index in [2.05, 4.69) is 9.62 Å². The Bertz CT molecular complexity index is 255. The number of nitrogens with one attached hydrogen (secondary N) is 1. The maximum atomic E-state index is 11.1. The van der Waals surface area contributed by atoms with Crippen LogP contribution in [0.5, 0.6) is 0 Å². The Morgan fingerprint density at radius 1 is 1.62 bits per heavy atom. The molecule has 1 atom stereocenters. The summed E-state index contributed by atoms with van der Waals surface area (Å²) in [4.78, 5) is 2.12. The Morgan fingerprint density at radius 3 is 2.85 bits per heavy atom. The molecular weight excluding hydrogens is 212 g/mol. The van der Waals surface area contributed by atoms with Crippen molar-refractivity contribution >= 4 is 21.6 Å². The summed E-state index contributed by atoms with van der Waals surface area (Å²) in [5.74, 6) is 0. The predicted octanol–water partition coefficient (Wildman–Crippen LogP) is 0.196. The minimum atomic E-state index is -3.25. The summed E-state index contributed by atoms with van der Waals surface area (Å²) < 4.78 is 24.8. The highest BCUT2D eigenvalue weighted by atomic mass is 35.5. The highest BCUT2D eigenvalue weighted by Crippen LogP contribution is 2.09. The number of alkyl halides is 1. The van der Waals surface area contributed by atoms with Crippen molar-refractivity contribution in [3.63, 3.8) is 0 Å². The fourth-order valence-corrected chi connectivity index (χ4v) is 2.50. The molecule has 13 heavy (non-hydrogen) atoms. The van der Waals surface area contributed by atoms with Gasteiger partial charge < -0.3 is 4.90 Å². The van der Waals surface area contributed by atoms with Gasteiger partial charge in [0.2, 0.25) is 10.0 Å². The second-order valence-corrected chi connectivity index (χ2v) is 5.78. The number of nitrogens with zero attached hydrogens (tertiary/aromatic N) is 1. The summed E-state index contributed by atoms with van der Waals surface area (Å²) in [5, 5.41) is -0.354. The maximum absolute atomic E-state index is 11.1. The number of likely N-dealkylation sites (tertiary alicyclic amines) is 1. The van der Waals surface area contributed by atoms with Crippen molar-refractivity contribution in [1.29, 1.82) is 0 Å². The first-order valence-corrected chi connectivity index (χ1v) is 6.47. The minimum Gasteiger partial charge on any atom is -0.305 e. The van der Waals surface area contributed by atoms with E-state index in [9.17, 15) is 8.42 Å². The third kappa shape index (κ3) is 3.81. The fraction of sp³-hybridized carbons (Fsp3) is 1.00. The van der Waals surface area contributed by atoms with Crippen molar-refractivity contribution in [3.05, 3.63) is 0 Å². The van der Waals surface area contributed by atoms with Crippen LogP contribution in [-0.2, 0) is 10.0 Å². The SMILES string of the molecule is CN1CCCC(NS(=O)(=O)CCl)C1. The molecule has 1 rings (SSSR count). The lowest BCUT2D eigenvalue weighted by molar-refractivity contribution is 0.242. The van der Waals surface area contributed by atoms with Crippen LogP contribution in [-0.4, -0.2) is 44.7 Å². The maximum Gasteiger partial charge on any atom is 0.225 e. The van der Waals surface area contributed by atoms with Gasteiger partial charge in [-0.1, -0.05) is 0 Å². The van der Waals surface area contributed by atoms with E-state index in [1.54, 1.807) is 0 Å². The molecule has 0 aromatic rings. The highest BCUT2D eigenvalue weighted by Gasteiger charge is 2.21. The Morgan fingerprint density at radius 2 is 2.31 bits per heavy atom. The van der Waals surface area contributed by atoms with E-state index >= 15 is 0 Å². The summed E-state index contributed by atoms with van der Waals surface area (Å²) in [5.41, 5.74) is 0. The van der Waals surface area contributed by atoms with Crippen molar-refractivity contribution in [2.75, 3.05) is 25.3 Å². The van der Waals surface area contributed by atoms with Gasteiger partial charge in [-0.2, -0.15) is 0 Å². The van der Waals surface area contributed by atoms with Gasteiger partial charge in [0, 0.05) is 12.6 Å². The number of hydrogen-bond acceptors (Lipinski definition) is 3. The first-order valence-electron chi connectivity index (χ1n) is 4.28. The van der Waals surface area contributed by atoms with Gasteiger partial charge >= 0.3 is 0 Å². The molecule has 0 radical (unpaired) electrons. The molecule has 1 unspecified atom stereocenters. The molecule has 0 aromatic carbocycles. The van der Waals surface area contributed by atoms with Crippen LogP contribution in [0.3, 0.4) is 0 Å². The number of piperidine rings is 1. The van der Waals surface area contributed by atoms with Gasteiger partial charge in [0.15, 0.2) is 0 Å². The average molecular weight is 227 g/mol. The minimum absolute atomic E-state index is 0.0301. The van der Waals surface area contributed by atoms with E-state index in [0.717, 1.165) is 25.9 Å².